The lowest BCUT2D eigenvalue weighted by atomic mass is 9.85. The van der Waals surface area contributed by atoms with Crippen molar-refractivity contribution in [3.8, 4) is 0 Å². The molecule has 0 aromatic carbocycles. The highest BCUT2D eigenvalue weighted by molar-refractivity contribution is 5.78. The second-order valence-corrected chi connectivity index (χ2v) is 6.78. The molecule has 0 aliphatic heterocycles. The predicted molar refractivity (Wildman–Crippen MR) is 73.0 cm³/mol. The number of carbonyl (C=O) groups is 1. The minimum atomic E-state index is -0.459. The van der Waals surface area contributed by atoms with Crippen LogP contribution in [0.15, 0.2) is 0 Å². The lowest BCUT2D eigenvalue weighted by molar-refractivity contribution is -0.126. The molecule has 1 aliphatic carbocycles. The molecule has 106 valence electrons. The Labute approximate surface area is 110 Å². The van der Waals surface area contributed by atoms with E-state index in [0.29, 0.717) is 13.0 Å². The highest BCUT2D eigenvalue weighted by Gasteiger charge is 2.25. The highest BCUT2D eigenvalue weighted by Crippen LogP contribution is 2.23. The molecule has 18 heavy (non-hydrogen) atoms. The van der Waals surface area contributed by atoms with E-state index < -0.39 is 6.10 Å². The van der Waals surface area contributed by atoms with Gasteiger partial charge in [-0.25, -0.2) is 0 Å². The Morgan fingerprint density at radius 3 is 2.39 bits per heavy atom. The lowest BCUT2D eigenvalue weighted by Gasteiger charge is -2.26. The number of rotatable bonds is 4. The Hall–Kier alpha value is -0.610. The fourth-order valence-corrected chi connectivity index (χ4v) is 2.52. The van der Waals surface area contributed by atoms with Crippen LogP contribution < -0.4 is 11.1 Å². The first-order chi connectivity index (χ1) is 8.28. The summed E-state index contributed by atoms with van der Waals surface area (Å²) in [6.07, 6.45) is 3.86. The summed E-state index contributed by atoms with van der Waals surface area (Å²) in [6, 6.07) is 0.264. The van der Waals surface area contributed by atoms with Gasteiger partial charge in [-0.3, -0.25) is 4.79 Å². The van der Waals surface area contributed by atoms with Gasteiger partial charge in [-0.2, -0.15) is 0 Å². The number of amides is 1. The third kappa shape index (κ3) is 5.83. The summed E-state index contributed by atoms with van der Waals surface area (Å²) in [6.45, 7) is 6.61. The van der Waals surface area contributed by atoms with E-state index in [-0.39, 0.29) is 23.3 Å². The number of nitrogens with two attached hydrogens (primary N) is 1. The van der Waals surface area contributed by atoms with Crippen LogP contribution in [0.3, 0.4) is 0 Å². The van der Waals surface area contributed by atoms with E-state index in [2.05, 4.69) is 26.1 Å². The van der Waals surface area contributed by atoms with Crippen LogP contribution in [0.4, 0.5) is 0 Å². The second kappa shape index (κ2) is 6.53. The maximum atomic E-state index is 11.9. The SMILES string of the molecule is CC(C)(C)CC(O)CNC(=O)C1CCC(N)CC1. The van der Waals surface area contributed by atoms with E-state index in [1.807, 2.05) is 0 Å². The maximum absolute atomic E-state index is 11.9. The molecular weight excluding hydrogens is 228 g/mol. The van der Waals surface area contributed by atoms with Crippen molar-refractivity contribution in [3.63, 3.8) is 0 Å². The maximum Gasteiger partial charge on any atom is 0.223 e. The van der Waals surface area contributed by atoms with E-state index in [0.717, 1.165) is 25.7 Å². The standard InChI is InChI=1S/C14H28N2O2/c1-14(2,3)8-12(17)9-16-13(18)10-4-6-11(15)7-5-10/h10-12,17H,4-9,15H2,1-3H3,(H,16,18). The van der Waals surface area contributed by atoms with Gasteiger partial charge in [0.15, 0.2) is 0 Å². The Balaban J connectivity index is 2.24. The molecule has 1 aliphatic rings. The molecule has 0 aromatic heterocycles. The monoisotopic (exact) mass is 256 g/mol. The van der Waals surface area contributed by atoms with Crippen LogP contribution >= 0.6 is 0 Å². The molecule has 0 heterocycles. The van der Waals surface area contributed by atoms with Crippen molar-refractivity contribution in [2.24, 2.45) is 17.1 Å². The molecular formula is C14H28N2O2. The summed E-state index contributed by atoms with van der Waals surface area (Å²) in [5.41, 5.74) is 5.90. The third-order valence-electron chi connectivity index (χ3n) is 3.50. The second-order valence-electron chi connectivity index (χ2n) is 6.78. The van der Waals surface area contributed by atoms with Gasteiger partial charge in [0.1, 0.15) is 0 Å². The molecule has 4 heteroatoms. The van der Waals surface area contributed by atoms with Crippen molar-refractivity contribution in [1.82, 2.24) is 5.32 Å². The number of hydrogen-bond acceptors (Lipinski definition) is 3. The molecule has 0 aromatic rings. The largest absolute Gasteiger partial charge is 0.391 e. The van der Waals surface area contributed by atoms with Gasteiger partial charge < -0.3 is 16.2 Å². The molecule has 1 rings (SSSR count). The van der Waals surface area contributed by atoms with Crippen molar-refractivity contribution in [2.45, 2.75) is 65.0 Å². The molecule has 1 atom stereocenters. The van der Waals surface area contributed by atoms with E-state index >= 15 is 0 Å². The minimum Gasteiger partial charge on any atom is -0.391 e. The zero-order valence-corrected chi connectivity index (χ0v) is 11.9. The van der Waals surface area contributed by atoms with Gasteiger partial charge in [0.25, 0.3) is 0 Å². The predicted octanol–water partition coefficient (Wildman–Crippen LogP) is 1.42. The number of aliphatic hydroxyl groups excluding tert-OH is 1. The summed E-state index contributed by atoms with van der Waals surface area (Å²) in [5, 5.41) is 12.7. The zero-order valence-electron chi connectivity index (χ0n) is 11.9. The van der Waals surface area contributed by atoms with Gasteiger partial charge in [0.2, 0.25) is 5.91 Å². The van der Waals surface area contributed by atoms with Crippen LogP contribution in [0.5, 0.6) is 0 Å². The summed E-state index contributed by atoms with van der Waals surface area (Å²) >= 11 is 0. The summed E-state index contributed by atoms with van der Waals surface area (Å²) in [7, 11) is 0. The van der Waals surface area contributed by atoms with Gasteiger partial charge in [-0.15, -0.1) is 0 Å². The van der Waals surface area contributed by atoms with Crippen molar-refractivity contribution in [3.05, 3.63) is 0 Å². The molecule has 0 bridgehead atoms. The van der Waals surface area contributed by atoms with E-state index in [9.17, 15) is 9.90 Å². The average molecular weight is 256 g/mol. The molecule has 1 amide bonds. The minimum absolute atomic E-state index is 0.0786. The quantitative estimate of drug-likeness (QED) is 0.712. The molecule has 4 N–H and O–H groups in total. The average Bonchev–Trinajstić information content (AvgIpc) is 2.24. The van der Waals surface area contributed by atoms with Crippen molar-refractivity contribution in [1.29, 1.82) is 0 Å². The van der Waals surface area contributed by atoms with E-state index in [4.69, 9.17) is 5.73 Å². The fourth-order valence-electron chi connectivity index (χ4n) is 2.52. The van der Waals surface area contributed by atoms with Crippen LogP contribution in [0.1, 0.15) is 52.9 Å². The molecule has 0 spiro atoms. The highest BCUT2D eigenvalue weighted by atomic mass is 16.3. The first-order valence-corrected chi connectivity index (χ1v) is 6.99. The van der Waals surface area contributed by atoms with Gasteiger partial charge in [0, 0.05) is 18.5 Å². The van der Waals surface area contributed by atoms with Crippen molar-refractivity contribution >= 4 is 5.91 Å². The molecule has 1 unspecified atom stereocenters. The van der Waals surface area contributed by atoms with E-state index in [1.165, 1.54) is 0 Å². The van der Waals surface area contributed by atoms with Crippen LogP contribution in [0, 0.1) is 11.3 Å². The molecule has 0 radical (unpaired) electrons. The Kier molecular flexibility index (Phi) is 5.60. The first-order valence-electron chi connectivity index (χ1n) is 6.99. The number of carbonyl (C=O) groups excluding carboxylic acids is 1. The lowest BCUT2D eigenvalue weighted by Crippen LogP contribution is -2.40. The van der Waals surface area contributed by atoms with Gasteiger partial charge >= 0.3 is 0 Å². The van der Waals surface area contributed by atoms with Gasteiger partial charge in [-0.05, 0) is 37.5 Å². The van der Waals surface area contributed by atoms with Crippen LogP contribution in [-0.2, 0) is 4.79 Å². The van der Waals surface area contributed by atoms with Gasteiger partial charge in [-0.1, -0.05) is 20.8 Å². The smallest absolute Gasteiger partial charge is 0.223 e. The number of nitrogens with one attached hydrogen (secondary N) is 1. The summed E-state index contributed by atoms with van der Waals surface area (Å²) in [5.74, 6) is 0.168. The molecule has 1 saturated carbocycles. The Morgan fingerprint density at radius 1 is 1.33 bits per heavy atom. The van der Waals surface area contributed by atoms with Gasteiger partial charge in [0.05, 0.1) is 6.10 Å². The number of aliphatic hydroxyl groups is 1. The van der Waals surface area contributed by atoms with Crippen LogP contribution in [0.2, 0.25) is 0 Å². The molecule has 1 fully saturated rings. The van der Waals surface area contributed by atoms with Crippen molar-refractivity contribution in [2.75, 3.05) is 6.54 Å². The van der Waals surface area contributed by atoms with Crippen LogP contribution in [0.25, 0.3) is 0 Å². The number of hydrogen-bond donors (Lipinski definition) is 3. The zero-order chi connectivity index (χ0) is 13.8. The van der Waals surface area contributed by atoms with Crippen LogP contribution in [-0.4, -0.2) is 29.7 Å². The summed E-state index contributed by atoms with van der Waals surface area (Å²) < 4.78 is 0. The Morgan fingerprint density at radius 2 is 1.89 bits per heavy atom. The normalized spacial score (nSPS) is 26.7. The Bertz CT molecular complexity index is 265. The topological polar surface area (TPSA) is 75.3 Å². The molecule has 0 saturated heterocycles. The van der Waals surface area contributed by atoms with Crippen molar-refractivity contribution < 1.29 is 9.90 Å². The third-order valence-corrected chi connectivity index (χ3v) is 3.50. The van der Waals surface area contributed by atoms with E-state index in [1.54, 1.807) is 0 Å². The first kappa shape index (κ1) is 15.4. The fraction of sp³-hybridized carbons (Fsp3) is 0.929. The molecule has 4 nitrogen and oxygen atoms in total. The summed E-state index contributed by atoms with van der Waals surface area (Å²) in [4.78, 5) is 11.9.